The average Bonchev–Trinajstić information content (AvgIpc) is 2.80. The van der Waals surface area contributed by atoms with Crippen molar-refractivity contribution >= 4 is 29.3 Å². The van der Waals surface area contributed by atoms with Gasteiger partial charge in [-0.1, -0.05) is 25.7 Å². The quantitative estimate of drug-likeness (QED) is 0.364. The number of nitro benzene ring substituents is 1. The molecule has 24 heavy (non-hydrogen) atoms. The molecule has 0 radical (unpaired) electrons. The topological polar surface area (TPSA) is 110 Å². The summed E-state index contributed by atoms with van der Waals surface area (Å²) in [5.74, 6) is -1.64. The third-order valence-electron chi connectivity index (χ3n) is 4.36. The summed E-state index contributed by atoms with van der Waals surface area (Å²) in [4.78, 5) is 35.3. The third-order valence-corrected chi connectivity index (χ3v) is 5.14. The van der Waals surface area contributed by atoms with Crippen LogP contribution in [0.1, 0.15) is 48.9 Å². The Morgan fingerprint density at radius 1 is 1.25 bits per heavy atom. The largest absolute Gasteiger partial charge is 0.480 e. The van der Waals surface area contributed by atoms with Gasteiger partial charge in [0.05, 0.1) is 9.82 Å². The van der Waals surface area contributed by atoms with Crippen molar-refractivity contribution in [3.8, 4) is 0 Å². The Balaban J connectivity index is 2.29. The molecule has 1 saturated carbocycles. The summed E-state index contributed by atoms with van der Waals surface area (Å²) in [6.07, 6.45) is 5.82. The first kappa shape index (κ1) is 18.3. The zero-order valence-corrected chi connectivity index (χ0v) is 14.2. The molecule has 0 atom stereocenters. The molecule has 0 bridgehead atoms. The highest BCUT2D eigenvalue weighted by molar-refractivity contribution is 7.98. The Morgan fingerprint density at radius 2 is 1.88 bits per heavy atom. The maximum absolute atomic E-state index is 12.5. The van der Waals surface area contributed by atoms with Gasteiger partial charge in [0.1, 0.15) is 5.54 Å². The Labute approximate surface area is 144 Å². The Hall–Kier alpha value is -2.09. The Bertz CT molecular complexity index is 654. The molecule has 0 saturated heterocycles. The number of nitro groups is 1. The molecular formula is C16H20N2O5S. The van der Waals surface area contributed by atoms with Crippen molar-refractivity contribution in [3.05, 3.63) is 33.9 Å². The summed E-state index contributed by atoms with van der Waals surface area (Å²) in [7, 11) is 0. The summed E-state index contributed by atoms with van der Waals surface area (Å²) >= 11 is 1.22. The molecule has 7 nitrogen and oxygen atoms in total. The number of carbonyl (C=O) groups excluding carboxylic acids is 1. The van der Waals surface area contributed by atoms with Gasteiger partial charge in [0.25, 0.3) is 11.6 Å². The lowest BCUT2D eigenvalue weighted by atomic mass is 9.90. The van der Waals surface area contributed by atoms with Crippen LogP contribution in [0, 0.1) is 10.1 Å². The van der Waals surface area contributed by atoms with E-state index in [0.29, 0.717) is 17.7 Å². The van der Waals surface area contributed by atoms with E-state index in [0.717, 1.165) is 25.7 Å². The highest BCUT2D eigenvalue weighted by atomic mass is 32.2. The number of carboxylic acid groups (broad SMARTS) is 1. The summed E-state index contributed by atoms with van der Waals surface area (Å²) in [5.41, 5.74) is -1.34. The van der Waals surface area contributed by atoms with Crippen LogP contribution in [0.25, 0.3) is 0 Å². The predicted octanol–water partition coefficient (Wildman–Crippen LogP) is 3.22. The van der Waals surface area contributed by atoms with E-state index < -0.39 is 22.3 Å². The highest BCUT2D eigenvalue weighted by Gasteiger charge is 2.40. The van der Waals surface area contributed by atoms with Crippen molar-refractivity contribution in [1.29, 1.82) is 0 Å². The molecule has 130 valence electrons. The highest BCUT2D eigenvalue weighted by Crippen LogP contribution is 2.30. The summed E-state index contributed by atoms with van der Waals surface area (Å²) < 4.78 is 0. The molecule has 1 fully saturated rings. The standard InChI is InChI=1S/C16H20N2O5S/c1-24-13-7-6-11(10-12(13)18(22)23)14(19)17-16(15(20)21)8-4-2-3-5-9-16/h6-7,10H,2-5,8-9H2,1H3,(H,17,19)(H,20,21). The number of nitrogens with zero attached hydrogens (tertiary/aromatic N) is 1. The molecule has 0 unspecified atom stereocenters. The van der Waals surface area contributed by atoms with Crippen molar-refractivity contribution in [2.24, 2.45) is 0 Å². The van der Waals surface area contributed by atoms with Crippen molar-refractivity contribution in [2.45, 2.75) is 49.0 Å². The minimum atomic E-state index is -1.29. The molecule has 0 aromatic heterocycles. The van der Waals surface area contributed by atoms with Crippen LogP contribution in [-0.4, -0.2) is 33.7 Å². The lowest BCUT2D eigenvalue weighted by Crippen LogP contribution is -2.54. The van der Waals surface area contributed by atoms with Crippen LogP contribution >= 0.6 is 11.8 Å². The van der Waals surface area contributed by atoms with E-state index in [1.54, 1.807) is 6.26 Å². The van der Waals surface area contributed by atoms with E-state index in [-0.39, 0.29) is 11.3 Å². The molecule has 1 aromatic carbocycles. The smallest absolute Gasteiger partial charge is 0.329 e. The fourth-order valence-electron chi connectivity index (χ4n) is 2.99. The van der Waals surface area contributed by atoms with Crippen LogP contribution in [0.5, 0.6) is 0 Å². The van der Waals surface area contributed by atoms with E-state index in [9.17, 15) is 24.8 Å². The van der Waals surface area contributed by atoms with E-state index in [1.807, 2.05) is 0 Å². The lowest BCUT2D eigenvalue weighted by molar-refractivity contribution is -0.387. The first-order chi connectivity index (χ1) is 11.4. The molecule has 1 aliphatic carbocycles. The summed E-state index contributed by atoms with van der Waals surface area (Å²) in [6, 6.07) is 4.20. The molecule has 0 aliphatic heterocycles. The van der Waals surface area contributed by atoms with Crippen LogP contribution in [0.3, 0.4) is 0 Å². The number of aliphatic carboxylic acids is 1. The number of rotatable bonds is 5. The summed E-state index contributed by atoms with van der Waals surface area (Å²) in [5, 5.41) is 23.4. The van der Waals surface area contributed by atoms with Gasteiger partial charge in [0.15, 0.2) is 0 Å². The molecular weight excluding hydrogens is 332 g/mol. The molecule has 2 N–H and O–H groups in total. The molecule has 0 heterocycles. The number of thioether (sulfide) groups is 1. The van der Waals surface area contributed by atoms with E-state index in [2.05, 4.69) is 5.32 Å². The second-order valence-corrected chi connectivity index (χ2v) is 6.75. The van der Waals surface area contributed by atoms with Gasteiger partial charge in [-0.15, -0.1) is 11.8 Å². The minimum absolute atomic E-state index is 0.101. The van der Waals surface area contributed by atoms with Crippen LogP contribution < -0.4 is 5.32 Å². The number of amides is 1. The molecule has 8 heteroatoms. The molecule has 1 amide bonds. The molecule has 1 aliphatic rings. The van der Waals surface area contributed by atoms with Gasteiger partial charge in [-0.3, -0.25) is 14.9 Å². The molecule has 1 aromatic rings. The van der Waals surface area contributed by atoms with E-state index in [4.69, 9.17) is 0 Å². The lowest BCUT2D eigenvalue weighted by Gasteiger charge is -2.29. The van der Waals surface area contributed by atoms with Crippen molar-refractivity contribution in [3.63, 3.8) is 0 Å². The van der Waals surface area contributed by atoms with Crippen LogP contribution in [0.15, 0.2) is 23.1 Å². The van der Waals surface area contributed by atoms with Gasteiger partial charge in [-0.05, 0) is 31.2 Å². The monoisotopic (exact) mass is 352 g/mol. The maximum Gasteiger partial charge on any atom is 0.329 e. The minimum Gasteiger partial charge on any atom is -0.480 e. The first-order valence-corrected chi connectivity index (χ1v) is 9.00. The second-order valence-electron chi connectivity index (χ2n) is 5.90. The van der Waals surface area contributed by atoms with Gasteiger partial charge < -0.3 is 10.4 Å². The number of carbonyl (C=O) groups is 2. The number of carboxylic acids is 1. The normalized spacial score (nSPS) is 16.9. The van der Waals surface area contributed by atoms with Crippen LogP contribution in [-0.2, 0) is 4.79 Å². The van der Waals surface area contributed by atoms with Crippen molar-refractivity contribution in [1.82, 2.24) is 5.32 Å². The Morgan fingerprint density at radius 3 is 2.38 bits per heavy atom. The number of hydrogen-bond donors (Lipinski definition) is 2. The van der Waals surface area contributed by atoms with Gasteiger partial charge in [-0.2, -0.15) is 0 Å². The zero-order chi connectivity index (χ0) is 17.7. The van der Waals surface area contributed by atoms with Gasteiger partial charge in [0, 0.05) is 11.6 Å². The fraction of sp³-hybridized carbons (Fsp3) is 0.500. The summed E-state index contributed by atoms with van der Waals surface area (Å²) in [6.45, 7) is 0. The zero-order valence-electron chi connectivity index (χ0n) is 13.4. The predicted molar refractivity (Wildman–Crippen MR) is 90.4 cm³/mol. The Kier molecular flexibility index (Phi) is 5.82. The van der Waals surface area contributed by atoms with Crippen LogP contribution in [0.4, 0.5) is 5.69 Å². The van der Waals surface area contributed by atoms with Gasteiger partial charge >= 0.3 is 5.97 Å². The van der Waals surface area contributed by atoms with Gasteiger partial charge in [0.2, 0.25) is 0 Å². The number of hydrogen-bond acceptors (Lipinski definition) is 5. The van der Waals surface area contributed by atoms with Crippen molar-refractivity contribution in [2.75, 3.05) is 6.26 Å². The van der Waals surface area contributed by atoms with E-state index >= 15 is 0 Å². The second kappa shape index (κ2) is 7.65. The number of benzene rings is 1. The van der Waals surface area contributed by atoms with Gasteiger partial charge in [-0.25, -0.2) is 4.79 Å². The first-order valence-electron chi connectivity index (χ1n) is 7.78. The van der Waals surface area contributed by atoms with Crippen molar-refractivity contribution < 1.29 is 19.6 Å². The van der Waals surface area contributed by atoms with Crippen LogP contribution in [0.2, 0.25) is 0 Å². The van der Waals surface area contributed by atoms with E-state index in [1.165, 1.54) is 30.0 Å². The SMILES string of the molecule is CSc1ccc(C(=O)NC2(C(=O)O)CCCCCC2)cc1[N+](=O)[O-]. The average molecular weight is 352 g/mol. The molecule has 0 spiro atoms. The third kappa shape index (κ3) is 3.87. The maximum atomic E-state index is 12.5. The fourth-order valence-corrected chi connectivity index (χ4v) is 3.53. The molecule has 2 rings (SSSR count). The number of nitrogens with one attached hydrogen (secondary N) is 1.